The molecular formula is C30H20F3N5O3. The van der Waals surface area contributed by atoms with Gasteiger partial charge >= 0.3 is 6.18 Å². The van der Waals surface area contributed by atoms with Crippen molar-refractivity contribution in [3.63, 3.8) is 0 Å². The third-order valence-corrected chi connectivity index (χ3v) is 6.54. The Morgan fingerprint density at radius 3 is 2.41 bits per heavy atom. The van der Waals surface area contributed by atoms with Crippen LogP contribution in [0, 0.1) is 6.92 Å². The number of hydrogen-bond donors (Lipinski definition) is 0. The number of aryl methyl sites for hydroxylation is 1. The summed E-state index contributed by atoms with van der Waals surface area (Å²) < 4.78 is 54.2. The number of aromatic nitrogens is 5. The zero-order valence-electron chi connectivity index (χ0n) is 21.7. The maximum absolute atomic E-state index is 14.3. The minimum atomic E-state index is -4.77. The smallest absolute Gasteiger partial charge is 0.418 e. The minimum Gasteiger partial charge on any atom is -0.481 e. The Morgan fingerprint density at radius 2 is 1.71 bits per heavy atom. The van der Waals surface area contributed by atoms with E-state index in [1.54, 1.807) is 36.5 Å². The van der Waals surface area contributed by atoms with Crippen LogP contribution in [0.1, 0.15) is 11.1 Å². The van der Waals surface area contributed by atoms with Crippen LogP contribution in [0.3, 0.4) is 0 Å². The summed E-state index contributed by atoms with van der Waals surface area (Å²) in [4.78, 5) is 26.0. The number of rotatable bonds is 5. The van der Waals surface area contributed by atoms with Crippen molar-refractivity contribution in [3.8, 4) is 45.3 Å². The number of halogens is 3. The molecule has 204 valence electrons. The normalized spacial score (nSPS) is 11.6. The monoisotopic (exact) mass is 555 g/mol. The van der Waals surface area contributed by atoms with Gasteiger partial charge in [0.1, 0.15) is 11.2 Å². The van der Waals surface area contributed by atoms with E-state index in [4.69, 9.17) is 9.15 Å². The predicted octanol–water partition coefficient (Wildman–Crippen LogP) is 6.50. The van der Waals surface area contributed by atoms with Crippen LogP contribution in [0.25, 0.3) is 50.3 Å². The largest absolute Gasteiger partial charge is 0.481 e. The molecule has 0 unspecified atom stereocenters. The first kappa shape index (κ1) is 25.9. The number of nitrogens with zero attached hydrogens (tertiary/aromatic N) is 5. The number of methoxy groups -OCH3 is 1. The third-order valence-electron chi connectivity index (χ3n) is 6.54. The molecule has 8 nitrogen and oxygen atoms in total. The highest BCUT2D eigenvalue weighted by molar-refractivity contribution is 5.92. The molecule has 0 amide bonds. The minimum absolute atomic E-state index is 0.0233. The molecule has 0 saturated carbocycles. The second-order valence-electron chi connectivity index (χ2n) is 9.24. The van der Waals surface area contributed by atoms with Crippen LogP contribution < -0.4 is 10.3 Å². The average Bonchev–Trinajstić information content (AvgIpc) is 3.52. The van der Waals surface area contributed by atoms with Crippen molar-refractivity contribution in [1.29, 1.82) is 0 Å². The molecule has 2 aromatic carbocycles. The number of hydrogen-bond acceptors (Lipinski definition) is 7. The lowest BCUT2D eigenvalue weighted by atomic mass is 10.0. The zero-order chi connectivity index (χ0) is 28.7. The van der Waals surface area contributed by atoms with Crippen LogP contribution in [-0.4, -0.2) is 31.8 Å². The van der Waals surface area contributed by atoms with Gasteiger partial charge in [-0.25, -0.2) is 9.97 Å². The van der Waals surface area contributed by atoms with Gasteiger partial charge in [-0.1, -0.05) is 6.07 Å². The third kappa shape index (κ3) is 4.82. The molecule has 6 aromatic rings. The Morgan fingerprint density at radius 1 is 0.902 bits per heavy atom. The molecule has 41 heavy (non-hydrogen) atoms. The van der Waals surface area contributed by atoms with Gasteiger partial charge in [0, 0.05) is 40.5 Å². The molecule has 0 aliphatic rings. The molecule has 0 radical (unpaired) electrons. The lowest BCUT2D eigenvalue weighted by Crippen LogP contribution is -2.25. The van der Waals surface area contributed by atoms with Crippen molar-refractivity contribution < 1.29 is 22.3 Å². The SMILES string of the molecule is COc1ccc(-c2ccc(C(F)(F)F)c(-n3nc(-c4cc(C)cc(-c5cnco5)c4)c4cccnc4c3=O)c2)cn1. The Labute approximate surface area is 230 Å². The average molecular weight is 556 g/mol. The van der Waals surface area contributed by atoms with Crippen LogP contribution in [0.2, 0.25) is 0 Å². The maximum atomic E-state index is 14.3. The fraction of sp³-hybridized carbons (Fsp3) is 0.100. The molecule has 0 saturated heterocycles. The fourth-order valence-corrected chi connectivity index (χ4v) is 4.66. The zero-order valence-corrected chi connectivity index (χ0v) is 21.7. The van der Waals surface area contributed by atoms with Gasteiger partial charge in [0.05, 0.1) is 24.6 Å². The van der Waals surface area contributed by atoms with Gasteiger partial charge in [-0.2, -0.15) is 23.0 Å². The number of ether oxygens (including phenoxy) is 1. The van der Waals surface area contributed by atoms with E-state index in [2.05, 4.69) is 20.1 Å². The molecule has 4 aromatic heterocycles. The Hall–Kier alpha value is -5.32. The molecule has 4 heterocycles. The first-order chi connectivity index (χ1) is 19.7. The van der Waals surface area contributed by atoms with Crippen LogP contribution in [-0.2, 0) is 6.18 Å². The van der Waals surface area contributed by atoms with Gasteiger partial charge in [0.25, 0.3) is 5.56 Å². The fourth-order valence-electron chi connectivity index (χ4n) is 4.66. The van der Waals surface area contributed by atoms with Crippen molar-refractivity contribution in [3.05, 3.63) is 107 Å². The maximum Gasteiger partial charge on any atom is 0.418 e. The highest BCUT2D eigenvalue weighted by Crippen LogP contribution is 2.37. The number of benzene rings is 2. The number of alkyl halides is 3. The summed E-state index contributed by atoms with van der Waals surface area (Å²) >= 11 is 0. The summed E-state index contributed by atoms with van der Waals surface area (Å²) in [6.45, 7) is 1.87. The number of fused-ring (bicyclic) bond motifs is 1. The molecule has 0 aliphatic carbocycles. The first-order valence-corrected chi connectivity index (χ1v) is 12.3. The standard InChI is InChI=1S/C30H20F3N5O3/c1-17-10-20(25-15-34-16-41-25)12-21(11-17)27-22-4-3-9-35-28(22)29(39)38(37-27)24-13-18(5-7-23(24)30(31,32)33)19-6-8-26(40-2)36-14-19/h3-16H,1-2H3. The molecule has 0 fully saturated rings. The Balaban J connectivity index is 1.63. The van der Waals surface area contributed by atoms with E-state index in [1.165, 1.54) is 38.0 Å². The number of oxazole rings is 1. The molecule has 6 rings (SSSR count). The first-order valence-electron chi connectivity index (χ1n) is 12.3. The van der Waals surface area contributed by atoms with Crippen molar-refractivity contribution in [1.82, 2.24) is 24.7 Å². The molecule has 0 atom stereocenters. The van der Waals surface area contributed by atoms with Crippen molar-refractivity contribution in [2.45, 2.75) is 13.1 Å². The van der Waals surface area contributed by atoms with Crippen molar-refractivity contribution in [2.24, 2.45) is 0 Å². The lowest BCUT2D eigenvalue weighted by molar-refractivity contribution is -0.137. The summed E-state index contributed by atoms with van der Waals surface area (Å²) in [6.07, 6.45) is 0.987. The van der Waals surface area contributed by atoms with E-state index < -0.39 is 23.0 Å². The van der Waals surface area contributed by atoms with E-state index in [9.17, 15) is 18.0 Å². The summed E-state index contributed by atoms with van der Waals surface area (Å²) in [5.74, 6) is 0.859. The summed E-state index contributed by atoms with van der Waals surface area (Å²) in [5, 5.41) is 4.92. The van der Waals surface area contributed by atoms with E-state index in [1.807, 2.05) is 19.1 Å². The Kier molecular flexibility index (Phi) is 6.33. The molecule has 11 heteroatoms. The summed E-state index contributed by atoms with van der Waals surface area (Å²) in [6, 6.07) is 15.6. The van der Waals surface area contributed by atoms with Crippen LogP contribution >= 0.6 is 0 Å². The molecular weight excluding hydrogens is 535 g/mol. The van der Waals surface area contributed by atoms with Gasteiger partial charge in [-0.05, 0) is 66.6 Å². The van der Waals surface area contributed by atoms with Gasteiger partial charge in [0.15, 0.2) is 12.2 Å². The molecule has 0 N–H and O–H groups in total. The van der Waals surface area contributed by atoms with E-state index >= 15 is 0 Å². The summed E-state index contributed by atoms with van der Waals surface area (Å²) in [7, 11) is 1.46. The van der Waals surface area contributed by atoms with E-state index in [0.717, 1.165) is 16.3 Å². The second kappa shape index (κ2) is 10.0. The van der Waals surface area contributed by atoms with Crippen molar-refractivity contribution >= 4 is 10.9 Å². The molecule has 0 bridgehead atoms. The van der Waals surface area contributed by atoms with Gasteiger partial charge in [-0.3, -0.25) is 9.78 Å². The summed E-state index contributed by atoms with van der Waals surface area (Å²) in [5.41, 5.74) is 1.04. The van der Waals surface area contributed by atoms with Crippen molar-refractivity contribution in [2.75, 3.05) is 7.11 Å². The Bertz CT molecular complexity index is 1950. The molecule has 0 aliphatic heterocycles. The van der Waals surface area contributed by atoms with Gasteiger partial charge in [-0.15, -0.1) is 0 Å². The highest BCUT2D eigenvalue weighted by atomic mass is 19.4. The van der Waals surface area contributed by atoms with Crippen LogP contribution in [0.5, 0.6) is 5.88 Å². The van der Waals surface area contributed by atoms with Crippen LogP contribution in [0.4, 0.5) is 13.2 Å². The lowest BCUT2D eigenvalue weighted by Gasteiger charge is -2.17. The molecule has 0 spiro atoms. The second-order valence-corrected chi connectivity index (χ2v) is 9.24. The predicted molar refractivity (Wildman–Crippen MR) is 146 cm³/mol. The number of pyridine rings is 2. The van der Waals surface area contributed by atoms with Gasteiger partial charge < -0.3 is 9.15 Å². The van der Waals surface area contributed by atoms with Crippen LogP contribution in [0.15, 0.2) is 94.9 Å². The topological polar surface area (TPSA) is 95.9 Å². The highest BCUT2D eigenvalue weighted by Gasteiger charge is 2.35. The van der Waals surface area contributed by atoms with E-state index in [-0.39, 0.29) is 11.2 Å². The quantitative estimate of drug-likeness (QED) is 0.240. The van der Waals surface area contributed by atoms with E-state index in [0.29, 0.717) is 39.3 Å². The van der Waals surface area contributed by atoms with Gasteiger partial charge in [0.2, 0.25) is 5.88 Å².